The summed E-state index contributed by atoms with van der Waals surface area (Å²) in [5.74, 6) is 1.47. The second kappa shape index (κ2) is 9.55. The molecule has 9 nitrogen and oxygen atoms in total. The summed E-state index contributed by atoms with van der Waals surface area (Å²) in [6, 6.07) is 8.98. The second-order valence-corrected chi connectivity index (χ2v) is 9.36. The fraction of sp³-hybridized carbons (Fsp3) is 0.462. The van der Waals surface area contributed by atoms with Gasteiger partial charge in [-0.15, -0.1) is 0 Å². The minimum Gasteiger partial charge on any atom is -0.447 e. The van der Waals surface area contributed by atoms with Crippen molar-refractivity contribution < 1.29 is 19.1 Å². The van der Waals surface area contributed by atoms with Gasteiger partial charge in [-0.1, -0.05) is 6.07 Å². The lowest BCUT2D eigenvalue weighted by molar-refractivity contribution is 0.0746. The van der Waals surface area contributed by atoms with E-state index in [9.17, 15) is 14.9 Å². The van der Waals surface area contributed by atoms with Crippen LogP contribution in [0, 0.1) is 18.3 Å². The van der Waals surface area contributed by atoms with E-state index in [1.165, 1.54) is 28.9 Å². The molecule has 2 amide bonds. The monoisotopic (exact) mass is 475 g/mol. The molecular weight excluding hydrogens is 446 g/mol. The number of rotatable bonds is 6. The number of nitrogens with zero attached hydrogens (tertiary/aromatic N) is 5. The quantitative estimate of drug-likeness (QED) is 0.633. The lowest BCUT2D eigenvalue weighted by atomic mass is 10.0. The fourth-order valence-corrected chi connectivity index (χ4v) is 4.90. The number of anilines is 2. The van der Waals surface area contributed by atoms with E-state index in [0.29, 0.717) is 50.0 Å². The number of hydrogen-bond acceptors (Lipinski definition) is 7. The number of amides is 2. The van der Waals surface area contributed by atoms with Gasteiger partial charge in [-0.05, 0) is 55.0 Å². The molecule has 9 heteroatoms. The van der Waals surface area contributed by atoms with E-state index in [-0.39, 0.29) is 24.1 Å². The number of methoxy groups -OCH3 is 1. The second-order valence-electron chi connectivity index (χ2n) is 9.36. The third kappa shape index (κ3) is 4.54. The highest BCUT2D eigenvalue weighted by Crippen LogP contribution is 2.40. The Bertz CT molecular complexity index is 1180. The van der Waals surface area contributed by atoms with Gasteiger partial charge in [-0.3, -0.25) is 9.69 Å². The molecule has 1 aromatic heterocycles. The van der Waals surface area contributed by atoms with E-state index in [1.54, 1.807) is 30.2 Å². The molecule has 1 saturated carbocycles. The molecule has 0 N–H and O–H groups in total. The van der Waals surface area contributed by atoms with E-state index < -0.39 is 6.09 Å². The molecule has 182 valence electrons. The summed E-state index contributed by atoms with van der Waals surface area (Å²) in [7, 11) is 1.56. The Hall–Kier alpha value is -3.64. The molecular formula is C26H29N5O4. The van der Waals surface area contributed by atoms with E-state index in [0.717, 1.165) is 5.82 Å². The number of benzene rings is 1. The van der Waals surface area contributed by atoms with Gasteiger partial charge in [0.1, 0.15) is 18.5 Å². The van der Waals surface area contributed by atoms with Crippen LogP contribution in [0.15, 0.2) is 30.5 Å². The van der Waals surface area contributed by atoms with Gasteiger partial charge in [0.25, 0.3) is 5.91 Å². The Labute approximate surface area is 204 Å². The number of carbonyl (C=O) groups excluding carboxylic acids is 2. The number of nitriles is 1. The summed E-state index contributed by atoms with van der Waals surface area (Å²) in [5, 5.41) is 9.76. The highest BCUT2D eigenvalue weighted by atomic mass is 16.6. The summed E-state index contributed by atoms with van der Waals surface area (Å²) in [6.45, 7) is 5.09. The number of ether oxygens (including phenoxy) is 2. The Kier molecular flexibility index (Phi) is 6.31. The van der Waals surface area contributed by atoms with Crippen LogP contribution in [-0.2, 0) is 9.47 Å². The molecule has 1 aromatic carbocycles. The number of carbonyl (C=O) groups is 2. The van der Waals surface area contributed by atoms with Crippen LogP contribution in [0.25, 0.3) is 0 Å². The zero-order valence-corrected chi connectivity index (χ0v) is 20.1. The van der Waals surface area contributed by atoms with Crippen LogP contribution >= 0.6 is 0 Å². The smallest absolute Gasteiger partial charge is 0.414 e. The maximum absolute atomic E-state index is 13.3. The molecule has 2 aliphatic heterocycles. The van der Waals surface area contributed by atoms with Gasteiger partial charge in [0, 0.05) is 45.2 Å². The minimum atomic E-state index is -0.486. The molecule has 3 heterocycles. The van der Waals surface area contributed by atoms with Crippen molar-refractivity contribution >= 4 is 23.5 Å². The largest absolute Gasteiger partial charge is 0.447 e. The Balaban J connectivity index is 1.28. The number of piperazine rings is 1. The maximum Gasteiger partial charge on any atom is 0.414 e. The predicted octanol–water partition coefficient (Wildman–Crippen LogP) is 3.07. The molecule has 3 aliphatic rings. The topological polar surface area (TPSA) is 99.0 Å². The number of aryl methyl sites for hydroxylation is 1. The highest BCUT2D eigenvalue weighted by molar-refractivity contribution is 5.98. The highest BCUT2D eigenvalue weighted by Gasteiger charge is 2.35. The Morgan fingerprint density at radius 2 is 2.00 bits per heavy atom. The van der Waals surface area contributed by atoms with Crippen LogP contribution in [0.3, 0.4) is 0 Å². The lowest BCUT2D eigenvalue weighted by Gasteiger charge is -2.36. The van der Waals surface area contributed by atoms with Crippen LogP contribution in [0.4, 0.5) is 16.3 Å². The lowest BCUT2D eigenvalue weighted by Crippen LogP contribution is -2.49. The standard InChI is InChI=1S/C26H29N5O4/c1-17-11-20(18-3-4-18)14-28-24(17)29-7-9-30(10-8-29)25(32)23-6-5-21(12-19(23)13-27)31-22(15-34-2)16-35-26(31)33/h5-6,11-12,14,18,22H,3-4,7-10,15-16H2,1-2H3/t22-/m1/s1. The first kappa shape index (κ1) is 23.1. The van der Waals surface area contributed by atoms with Crippen molar-refractivity contribution in [2.24, 2.45) is 0 Å². The summed E-state index contributed by atoms with van der Waals surface area (Å²) < 4.78 is 10.3. The van der Waals surface area contributed by atoms with Crippen molar-refractivity contribution in [3.8, 4) is 6.07 Å². The number of pyridine rings is 1. The van der Waals surface area contributed by atoms with Crippen LogP contribution in [-0.4, -0.2) is 74.4 Å². The third-order valence-electron chi connectivity index (χ3n) is 6.94. The normalized spacial score (nSPS) is 20.1. The molecule has 1 aliphatic carbocycles. The van der Waals surface area contributed by atoms with E-state index >= 15 is 0 Å². The summed E-state index contributed by atoms with van der Waals surface area (Å²) >= 11 is 0. The molecule has 0 unspecified atom stereocenters. The zero-order chi connectivity index (χ0) is 24.5. The molecule has 3 fully saturated rings. The third-order valence-corrected chi connectivity index (χ3v) is 6.94. The number of cyclic esters (lactones) is 1. The van der Waals surface area contributed by atoms with Gasteiger partial charge in [0.05, 0.1) is 23.8 Å². The molecule has 2 aromatic rings. The average molecular weight is 476 g/mol. The zero-order valence-electron chi connectivity index (χ0n) is 20.1. The van der Waals surface area contributed by atoms with Crippen molar-refractivity contribution in [3.05, 3.63) is 52.7 Å². The van der Waals surface area contributed by atoms with Crippen LogP contribution in [0.2, 0.25) is 0 Å². The predicted molar refractivity (Wildman–Crippen MR) is 130 cm³/mol. The van der Waals surface area contributed by atoms with Crippen LogP contribution < -0.4 is 9.80 Å². The van der Waals surface area contributed by atoms with Gasteiger partial charge >= 0.3 is 6.09 Å². The molecule has 0 bridgehead atoms. The summed E-state index contributed by atoms with van der Waals surface area (Å²) in [4.78, 5) is 35.7. The van der Waals surface area contributed by atoms with Gasteiger partial charge in [0.2, 0.25) is 0 Å². The molecule has 0 radical (unpaired) electrons. The van der Waals surface area contributed by atoms with Crippen molar-refractivity contribution in [2.75, 3.05) is 56.3 Å². The first-order valence-electron chi connectivity index (χ1n) is 12.0. The van der Waals surface area contributed by atoms with Gasteiger partial charge in [0.15, 0.2) is 0 Å². The van der Waals surface area contributed by atoms with Gasteiger partial charge < -0.3 is 19.3 Å². The summed E-state index contributed by atoms with van der Waals surface area (Å²) in [5.41, 5.74) is 3.58. The van der Waals surface area contributed by atoms with Crippen LogP contribution in [0.1, 0.15) is 45.8 Å². The van der Waals surface area contributed by atoms with Crippen molar-refractivity contribution in [1.82, 2.24) is 9.88 Å². The number of hydrogen-bond donors (Lipinski definition) is 0. The maximum atomic E-state index is 13.3. The Morgan fingerprint density at radius 3 is 2.66 bits per heavy atom. The summed E-state index contributed by atoms with van der Waals surface area (Å²) in [6.07, 6.45) is 4.01. The fourth-order valence-electron chi connectivity index (χ4n) is 4.90. The minimum absolute atomic E-state index is 0.182. The van der Waals surface area contributed by atoms with E-state index in [2.05, 4.69) is 24.0 Å². The molecule has 35 heavy (non-hydrogen) atoms. The molecule has 2 saturated heterocycles. The molecule has 1 atom stereocenters. The Morgan fingerprint density at radius 1 is 1.23 bits per heavy atom. The average Bonchev–Trinajstić information content (AvgIpc) is 3.67. The first-order chi connectivity index (χ1) is 17.0. The van der Waals surface area contributed by atoms with Crippen molar-refractivity contribution in [2.45, 2.75) is 31.7 Å². The van der Waals surface area contributed by atoms with Crippen molar-refractivity contribution in [3.63, 3.8) is 0 Å². The number of aromatic nitrogens is 1. The SMILES string of the molecule is COC[C@@H]1COC(=O)N1c1ccc(C(=O)N2CCN(c3ncc(C4CC4)cc3C)CC2)c(C#N)c1. The molecule has 5 rings (SSSR count). The first-order valence-corrected chi connectivity index (χ1v) is 12.0. The van der Waals surface area contributed by atoms with Crippen molar-refractivity contribution in [1.29, 1.82) is 5.26 Å². The van der Waals surface area contributed by atoms with Crippen LogP contribution in [0.5, 0.6) is 0 Å². The van der Waals surface area contributed by atoms with E-state index in [1.807, 2.05) is 6.20 Å². The van der Waals surface area contributed by atoms with Gasteiger partial charge in [-0.2, -0.15) is 5.26 Å². The molecule has 0 spiro atoms. The van der Waals surface area contributed by atoms with Gasteiger partial charge in [-0.25, -0.2) is 9.78 Å². The van der Waals surface area contributed by atoms with E-state index in [4.69, 9.17) is 14.5 Å².